The number of rotatable bonds is 2. The zero-order chi connectivity index (χ0) is 15.5. The molecule has 0 amide bonds. The highest BCUT2D eigenvalue weighted by Crippen LogP contribution is 2.29. The molecule has 20 heavy (non-hydrogen) atoms. The lowest BCUT2D eigenvalue weighted by atomic mass is 9.98. The van der Waals surface area contributed by atoms with Crippen LogP contribution in [-0.4, -0.2) is 18.6 Å². The van der Waals surface area contributed by atoms with Crippen LogP contribution in [0.1, 0.15) is 43.5 Å². The monoisotopic (exact) mass is 297 g/mol. The van der Waals surface area contributed by atoms with Crippen LogP contribution in [0.2, 0.25) is 0 Å². The van der Waals surface area contributed by atoms with E-state index >= 15 is 0 Å². The van der Waals surface area contributed by atoms with Gasteiger partial charge in [-0.1, -0.05) is 20.5 Å². The minimum atomic E-state index is -0.439. The van der Waals surface area contributed by atoms with E-state index < -0.39 is 5.82 Å². The Hall–Kier alpha value is -1.46. The molecule has 2 atom stereocenters. The standard InChI is InChI=1S/C12H10FNO2.C2H6.CH5P/c13-8-3-4-12-10(6-8)11(15)7-9(16-12)2-1-5-14;2*1-2/h3-4,6,9H,1-2,7H2;1-2H3;2H2,1H3. The van der Waals surface area contributed by atoms with Crippen molar-refractivity contribution in [3.8, 4) is 11.8 Å². The number of ketones is 1. The summed E-state index contributed by atoms with van der Waals surface area (Å²) in [4.78, 5) is 11.7. The molecule has 2 rings (SSSR count). The molecular weight excluding hydrogens is 276 g/mol. The van der Waals surface area contributed by atoms with Crippen molar-refractivity contribution in [2.24, 2.45) is 0 Å². The Bertz CT molecular complexity index is 471. The minimum absolute atomic E-state index is 0.122. The summed E-state index contributed by atoms with van der Waals surface area (Å²) in [5.74, 6) is -0.143. The van der Waals surface area contributed by atoms with Crippen molar-refractivity contribution in [1.29, 1.82) is 5.26 Å². The van der Waals surface area contributed by atoms with Gasteiger partial charge in [0, 0.05) is 12.8 Å². The number of benzene rings is 1. The van der Waals surface area contributed by atoms with Crippen molar-refractivity contribution in [2.75, 3.05) is 6.66 Å². The fourth-order valence-electron chi connectivity index (χ4n) is 1.75. The van der Waals surface area contributed by atoms with Gasteiger partial charge in [0.25, 0.3) is 0 Å². The molecule has 0 aliphatic carbocycles. The summed E-state index contributed by atoms with van der Waals surface area (Å²) < 4.78 is 18.4. The molecule has 0 spiro atoms. The Balaban J connectivity index is 0.000000829. The molecule has 1 aromatic rings. The SMILES string of the molecule is CC.CP.N#CCCC1CC(=O)c2cc(F)ccc2O1. The number of Topliss-reactive ketones (excluding diaryl/α,β-unsaturated/α-hetero) is 1. The van der Waals surface area contributed by atoms with E-state index in [-0.39, 0.29) is 18.3 Å². The first-order chi connectivity index (χ1) is 9.70. The first kappa shape index (κ1) is 18.5. The molecule has 1 heterocycles. The average Bonchev–Trinajstić information content (AvgIpc) is 2.50. The third-order valence-corrected chi connectivity index (χ3v) is 2.53. The Kier molecular flexibility index (Phi) is 9.59. The molecule has 0 fully saturated rings. The quantitative estimate of drug-likeness (QED) is 0.776. The molecule has 1 aromatic carbocycles. The lowest BCUT2D eigenvalue weighted by Crippen LogP contribution is -2.26. The molecule has 1 aliphatic heterocycles. The Morgan fingerprint density at radius 1 is 1.45 bits per heavy atom. The highest BCUT2D eigenvalue weighted by atomic mass is 31.0. The molecule has 0 saturated heterocycles. The Morgan fingerprint density at radius 3 is 2.70 bits per heavy atom. The smallest absolute Gasteiger partial charge is 0.170 e. The van der Waals surface area contributed by atoms with Gasteiger partial charge in [-0.15, -0.1) is 9.24 Å². The molecule has 2 unspecified atom stereocenters. The first-order valence-electron chi connectivity index (χ1n) is 6.65. The van der Waals surface area contributed by atoms with E-state index in [0.717, 1.165) is 0 Å². The van der Waals surface area contributed by atoms with E-state index in [1.807, 2.05) is 26.6 Å². The van der Waals surface area contributed by atoms with E-state index in [1.165, 1.54) is 18.2 Å². The highest BCUT2D eigenvalue weighted by molar-refractivity contribution is 7.15. The van der Waals surface area contributed by atoms with Crippen LogP contribution in [0.15, 0.2) is 18.2 Å². The Labute approximate surface area is 122 Å². The van der Waals surface area contributed by atoms with Crippen LogP contribution in [0, 0.1) is 17.1 Å². The summed E-state index contributed by atoms with van der Waals surface area (Å²) in [6.07, 6.45) is 0.844. The molecule has 0 N–H and O–H groups in total. The fraction of sp³-hybridized carbons (Fsp3) is 0.467. The van der Waals surface area contributed by atoms with Crippen LogP contribution in [-0.2, 0) is 0 Å². The van der Waals surface area contributed by atoms with Crippen molar-refractivity contribution in [3.05, 3.63) is 29.6 Å². The minimum Gasteiger partial charge on any atom is -0.489 e. The number of halogens is 1. The number of nitrogens with zero attached hydrogens (tertiary/aromatic N) is 1. The summed E-state index contributed by atoms with van der Waals surface area (Å²) in [5.41, 5.74) is 0.299. The van der Waals surface area contributed by atoms with Gasteiger partial charge in [0.05, 0.1) is 11.6 Å². The molecule has 5 heteroatoms. The molecular formula is C15H21FNO2P. The Morgan fingerprint density at radius 2 is 2.10 bits per heavy atom. The van der Waals surface area contributed by atoms with Crippen LogP contribution >= 0.6 is 9.24 Å². The van der Waals surface area contributed by atoms with Gasteiger partial charge in [-0.05, 0) is 24.6 Å². The number of hydrogen-bond donors (Lipinski definition) is 0. The lowest BCUT2D eigenvalue weighted by Gasteiger charge is -2.24. The summed E-state index contributed by atoms with van der Waals surface area (Å²) in [6.45, 7) is 5.92. The van der Waals surface area contributed by atoms with E-state index in [1.54, 1.807) is 0 Å². The van der Waals surface area contributed by atoms with Gasteiger partial charge in [0.1, 0.15) is 17.7 Å². The largest absolute Gasteiger partial charge is 0.489 e. The first-order valence-corrected chi connectivity index (χ1v) is 7.80. The van der Waals surface area contributed by atoms with Crippen LogP contribution < -0.4 is 4.74 Å². The zero-order valence-electron chi connectivity index (χ0n) is 12.1. The van der Waals surface area contributed by atoms with Gasteiger partial charge >= 0.3 is 0 Å². The second-order valence-electron chi connectivity index (χ2n) is 3.70. The van der Waals surface area contributed by atoms with E-state index in [4.69, 9.17) is 10.00 Å². The number of nitriles is 1. The summed E-state index contributed by atoms with van der Waals surface area (Å²) in [5, 5.41) is 8.45. The van der Waals surface area contributed by atoms with Gasteiger partial charge in [0.2, 0.25) is 0 Å². The average molecular weight is 297 g/mol. The third kappa shape index (κ3) is 5.27. The van der Waals surface area contributed by atoms with Crippen LogP contribution in [0.25, 0.3) is 0 Å². The molecule has 110 valence electrons. The molecule has 0 bridgehead atoms. The topological polar surface area (TPSA) is 50.1 Å². The van der Waals surface area contributed by atoms with E-state index in [9.17, 15) is 9.18 Å². The predicted octanol–water partition coefficient (Wildman–Crippen LogP) is 3.98. The van der Waals surface area contributed by atoms with Crippen molar-refractivity contribution in [1.82, 2.24) is 0 Å². The van der Waals surface area contributed by atoms with Crippen LogP contribution in [0.5, 0.6) is 5.75 Å². The van der Waals surface area contributed by atoms with Gasteiger partial charge < -0.3 is 4.74 Å². The maximum absolute atomic E-state index is 12.9. The van der Waals surface area contributed by atoms with Crippen molar-refractivity contribution in [2.45, 2.75) is 39.2 Å². The molecule has 0 aromatic heterocycles. The predicted molar refractivity (Wildman–Crippen MR) is 81.6 cm³/mol. The van der Waals surface area contributed by atoms with Gasteiger partial charge in [0.15, 0.2) is 5.78 Å². The summed E-state index contributed by atoms with van der Waals surface area (Å²) in [6, 6.07) is 5.93. The lowest BCUT2D eigenvalue weighted by molar-refractivity contribution is 0.0840. The van der Waals surface area contributed by atoms with Crippen molar-refractivity contribution in [3.63, 3.8) is 0 Å². The second kappa shape index (κ2) is 10.3. The summed E-state index contributed by atoms with van der Waals surface area (Å²) >= 11 is 0. The molecule has 1 aliphatic rings. The van der Waals surface area contributed by atoms with Crippen LogP contribution in [0.4, 0.5) is 4.39 Å². The summed E-state index contributed by atoms with van der Waals surface area (Å²) in [7, 11) is 2.42. The highest BCUT2D eigenvalue weighted by Gasteiger charge is 2.26. The van der Waals surface area contributed by atoms with Crippen molar-refractivity contribution < 1.29 is 13.9 Å². The van der Waals surface area contributed by atoms with Crippen LogP contribution in [0.3, 0.4) is 0 Å². The zero-order valence-corrected chi connectivity index (χ0v) is 13.3. The van der Waals surface area contributed by atoms with Crippen molar-refractivity contribution >= 4 is 15.0 Å². The number of hydrogen-bond acceptors (Lipinski definition) is 3. The third-order valence-electron chi connectivity index (χ3n) is 2.53. The van der Waals surface area contributed by atoms with Gasteiger partial charge in [-0.2, -0.15) is 5.26 Å². The second-order valence-corrected chi connectivity index (χ2v) is 3.70. The normalized spacial score (nSPS) is 15.4. The maximum atomic E-state index is 12.9. The maximum Gasteiger partial charge on any atom is 0.170 e. The van der Waals surface area contributed by atoms with Gasteiger partial charge in [-0.3, -0.25) is 4.79 Å². The number of ether oxygens (including phenoxy) is 1. The number of carbonyl (C=O) groups excluding carboxylic acids is 1. The van der Waals surface area contributed by atoms with E-state index in [2.05, 4.69) is 9.24 Å². The molecule has 3 nitrogen and oxygen atoms in total. The van der Waals surface area contributed by atoms with E-state index in [0.29, 0.717) is 24.2 Å². The fourth-order valence-corrected chi connectivity index (χ4v) is 1.75. The molecule has 0 saturated carbocycles. The number of fused-ring (bicyclic) bond motifs is 1. The molecule has 0 radical (unpaired) electrons. The number of carbonyl (C=O) groups is 1. The van der Waals surface area contributed by atoms with Gasteiger partial charge in [-0.25, -0.2) is 4.39 Å².